The Hall–Kier alpha value is -0.381. The number of hydrogen-bond acceptors (Lipinski definition) is 2. The molecule has 0 unspecified atom stereocenters. The van der Waals surface area contributed by atoms with E-state index in [0.29, 0.717) is 0 Å². The maximum atomic E-state index is 5.42. The molecule has 0 radical (unpaired) electrons. The van der Waals surface area contributed by atoms with E-state index in [1.807, 2.05) is 12.1 Å². The van der Waals surface area contributed by atoms with Gasteiger partial charge in [-0.2, -0.15) is 0 Å². The van der Waals surface area contributed by atoms with Gasteiger partial charge in [-0.25, -0.2) is 0 Å². The Labute approximate surface area is 90.1 Å². The number of rotatable bonds is 3. The summed E-state index contributed by atoms with van der Waals surface area (Å²) in [5, 5.41) is 0. The molecule has 1 rings (SSSR count). The van der Waals surface area contributed by atoms with Crippen molar-refractivity contribution in [3.63, 3.8) is 0 Å². The topological polar surface area (TPSA) is 18.5 Å². The van der Waals surface area contributed by atoms with Crippen molar-refractivity contribution < 1.29 is 9.47 Å². The standard InChI is InChI=1S/C8H9O2.3CH3.Sn/c1-9-7-5-3-4-6-8(7)10-2;;;;/h3-5H,1-2H3;3*1H3;. The summed E-state index contributed by atoms with van der Waals surface area (Å²) < 4.78 is 12.1. The molecule has 0 aromatic heterocycles. The van der Waals surface area contributed by atoms with Gasteiger partial charge in [-0.15, -0.1) is 0 Å². The van der Waals surface area contributed by atoms with Gasteiger partial charge >= 0.3 is 90.2 Å². The van der Waals surface area contributed by atoms with Gasteiger partial charge in [-0.1, -0.05) is 0 Å². The van der Waals surface area contributed by atoms with Gasteiger partial charge < -0.3 is 0 Å². The Balaban J connectivity index is 3.29. The van der Waals surface area contributed by atoms with E-state index in [4.69, 9.17) is 9.47 Å². The van der Waals surface area contributed by atoms with E-state index in [0.717, 1.165) is 11.5 Å². The van der Waals surface area contributed by atoms with Crippen LogP contribution in [0.2, 0.25) is 14.8 Å². The van der Waals surface area contributed by atoms with Gasteiger partial charge in [-0.05, 0) is 0 Å². The van der Waals surface area contributed by atoms with Gasteiger partial charge in [0, 0.05) is 0 Å². The van der Waals surface area contributed by atoms with Gasteiger partial charge in [0.1, 0.15) is 0 Å². The molecule has 78 valence electrons. The van der Waals surface area contributed by atoms with Crippen LogP contribution in [0, 0.1) is 0 Å². The second-order valence-electron chi connectivity index (χ2n) is 4.29. The van der Waals surface area contributed by atoms with Crippen molar-refractivity contribution in [2.75, 3.05) is 14.2 Å². The predicted molar refractivity (Wildman–Crippen MR) is 62.5 cm³/mol. The molecular weight excluding hydrogens is 283 g/mol. The van der Waals surface area contributed by atoms with Crippen molar-refractivity contribution in [1.29, 1.82) is 0 Å². The zero-order valence-corrected chi connectivity index (χ0v) is 12.4. The van der Waals surface area contributed by atoms with Crippen LogP contribution >= 0.6 is 0 Å². The zero-order valence-electron chi connectivity index (χ0n) is 9.55. The predicted octanol–water partition coefficient (Wildman–Crippen LogP) is 2.25. The second kappa shape index (κ2) is 4.43. The number of hydrogen-bond donors (Lipinski definition) is 0. The Morgan fingerprint density at radius 2 is 1.64 bits per heavy atom. The molecule has 1 aromatic rings. The first-order chi connectivity index (χ1) is 6.50. The fourth-order valence-electron chi connectivity index (χ4n) is 1.48. The molecule has 0 N–H and O–H groups in total. The van der Waals surface area contributed by atoms with Crippen molar-refractivity contribution >= 4 is 22.0 Å². The summed E-state index contributed by atoms with van der Waals surface area (Å²) >= 11 is -2.08. The molecule has 0 amide bonds. The first-order valence-electron chi connectivity index (χ1n) is 4.72. The van der Waals surface area contributed by atoms with Gasteiger partial charge in [0.2, 0.25) is 0 Å². The summed E-state index contributed by atoms with van der Waals surface area (Å²) in [7, 11) is 3.39. The van der Waals surface area contributed by atoms with Crippen molar-refractivity contribution in [2.45, 2.75) is 14.8 Å². The van der Waals surface area contributed by atoms with Crippen LogP contribution in [-0.4, -0.2) is 32.6 Å². The Bertz CT molecular complexity index is 316. The van der Waals surface area contributed by atoms with Gasteiger partial charge in [0.05, 0.1) is 0 Å². The fourth-order valence-corrected chi connectivity index (χ4v) is 5.77. The molecule has 0 bridgehead atoms. The van der Waals surface area contributed by atoms with E-state index in [1.165, 1.54) is 3.58 Å². The molecular formula is C11H18O2Sn. The molecule has 0 aliphatic carbocycles. The van der Waals surface area contributed by atoms with Crippen molar-refractivity contribution in [3.8, 4) is 11.5 Å². The molecule has 0 aliphatic heterocycles. The van der Waals surface area contributed by atoms with Crippen LogP contribution in [0.15, 0.2) is 18.2 Å². The first kappa shape index (κ1) is 11.7. The Morgan fingerprint density at radius 3 is 2.07 bits per heavy atom. The summed E-state index contributed by atoms with van der Waals surface area (Å²) in [6.07, 6.45) is 0. The van der Waals surface area contributed by atoms with Crippen LogP contribution < -0.4 is 13.1 Å². The average molecular weight is 301 g/mol. The molecule has 0 spiro atoms. The summed E-state index contributed by atoms with van der Waals surface area (Å²) in [5.41, 5.74) is 0. The number of para-hydroxylation sites is 1. The van der Waals surface area contributed by atoms with Crippen LogP contribution in [0.25, 0.3) is 0 Å². The Kier molecular flexibility index (Phi) is 3.70. The zero-order chi connectivity index (χ0) is 10.8. The van der Waals surface area contributed by atoms with Gasteiger partial charge in [0.15, 0.2) is 0 Å². The monoisotopic (exact) mass is 302 g/mol. The molecule has 0 saturated heterocycles. The average Bonchev–Trinajstić information content (AvgIpc) is 2.15. The van der Waals surface area contributed by atoms with E-state index in [2.05, 4.69) is 20.9 Å². The molecule has 3 heteroatoms. The van der Waals surface area contributed by atoms with Crippen LogP contribution in [-0.2, 0) is 0 Å². The SMILES string of the molecule is COc1ccc[c]([Sn]([CH3])([CH3])[CH3])c1OC. The van der Waals surface area contributed by atoms with E-state index in [9.17, 15) is 0 Å². The van der Waals surface area contributed by atoms with E-state index in [-0.39, 0.29) is 0 Å². The second-order valence-corrected chi connectivity index (χ2v) is 18.7. The third kappa shape index (κ3) is 2.35. The summed E-state index contributed by atoms with van der Waals surface area (Å²) in [6, 6.07) is 6.15. The summed E-state index contributed by atoms with van der Waals surface area (Å²) in [5.74, 6) is 1.77. The quantitative estimate of drug-likeness (QED) is 0.797. The van der Waals surface area contributed by atoms with Crippen molar-refractivity contribution in [1.82, 2.24) is 0 Å². The van der Waals surface area contributed by atoms with Gasteiger partial charge in [0.25, 0.3) is 0 Å². The third-order valence-corrected chi connectivity index (χ3v) is 7.95. The summed E-state index contributed by atoms with van der Waals surface area (Å²) in [6.45, 7) is 0. The molecule has 2 nitrogen and oxygen atoms in total. The summed E-state index contributed by atoms with van der Waals surface area (Å²) in [4.78, 5) is 7.10. The van der Waals surface area contributed by atoms with Crippen molar-refractivity contribution in [2.24, 2.45) is 0 Å². The van der Waals surface area contributed by atoms with Crippen LogP contribution in [0.4, 0.5) is 0 Å². The van der Waals surface area contributed by atoms with E-state index < -0.39 is 18.4 Å². The van der Waals surface area contributed by atoms with Crippen LogP contribution in [0.1, 0.15) is 0 Å². The number of methoxy groups -OCH3 is 2. The number of ether oxygens (including phenoxy) is 2. The van der Waals surface area contributed by atoms with E-state index >= 15 is 0 Å². The minimum atomic E-state index is -2.08. The van der Waals surface area contributed by atoms with E-state index in [1.54, 1.807) is 14.2 Å². The van der Waals surface area contributed by atoms with Crippen LogP contribution in [0.5, 0.6) is 11.5 Å². The minimum absolute atomic E-state index is 0.844. The Morgan fingerprint density at radius 1 is 1.00 bits per heavy atom. The molecule has 0 atom stereocenters. The fraction of sp³-hybridized carbons (Fsp3) is 0.455. The maximum absolute atomic E-state index is 5.42. The van der Waals surface area contributed by atoms with Gasteiger partial charge in [-0.3, -0.25) is 0 Å². The first-order valence-corrected chi connectivity index (χ1v) is 14.7. The van der Waals surface area contributed by atoms with Crippen molar-refractivity contribution in [3.05, 3.63) is 18.2 Å². The molecule has 0 fully saturated rings. The number of benzene rings is 1. The normalized spacial score (nSPS) is 11.2. The molecule has 1 aromatic carbocycles. The molecule has 0 saturated carbocycles. The molecule has 14 heavy (non-hydrogen) atoms. The van der Waals surface area contributed by atoms with Crippen LogP contribution in [0.3, 0.4) is 0 Å². The third-order valence-electron chi connectivity index (χ3n) is 2.21. The molecule has 0 heterocycles. The molecule has 0 aliphatic rings.